The fourth-order valence-corrected chi connectivity index (χ4v) is 3.54. The number of carbonyl (C=O) groups is 1. The molecule has 6 nitrogen and oxygen atoms in total. The zero-order valence-electron chi connectivity index (χ0n) is 13.8. The van der Waals surface area contributed by atoms with Crippen molar-refractivity contribution in [3.8, 4) is 0 Å². The Bertz CT molecular complexity index is 819. The van der Waals surface area contributed by atoms with E-state index in [0.717, 1.165) is 23.9 Å². The van der Waals surface area contributed by atoms with E-state index in [-0.39, 0.29) is 24.2 Å². The number of rotatable bonds is 3. The lowest BCUT2D eigenvalue weighted by molar-refractivity contribution is 0.0662. The van der Waals surface area contributed by atoms with Crippen LogP contribution in [0.3, 0.4) is 0 Å². The van der Waals surface area contributed by atoms with Gasteiger partial charge in [0.1, 0.15) is 6.04 Å². The van der Waals surface area contributed by atoms with E-state index in [1.165, 1.54) is 11.1 Å². The van der Waals surface area contributed by atoms with Crippen LogP contribution < -0.4 is 10.6 Å². The molecule has 1 aromatic heterocycles. The van der Waals surface area contributed by atoms with Gasteiger partial charge in [0.05, 0.1) is 0 Å². The van der Waals surface area contributed by atoms with Gasteiger partial charge in [0.2, 0.25) is 11.8 Å². The zero-order valence-corrected chi connectivity index (χ0v) is 13.8. The minimum absolute atomic E-state index is 0.109. The summed E-state index contributed by atoms with van der Waals surface area (Å²) in [5, 5.41) is 9.76. The number of aryl methyl sites for hydroxylation is 2. The Morgan fingerprint density at radius 3 is 2.96 bits per heavy atom. The van der Waals surface area contributed by atoms with Gasteiger partial charge in [0.15, 0.2) is 0 Å². The molecule has 0 saturated heterocycles. The van der Waals surface area contributed by atoms with Crippen molar-refractivity contribution < 1.29 is 13.6 Å². The quantitative estimate of drug-likeness (QED) is 0.895. The van der Waals surface area contributed by atoms with E-state index in [2.05, 4.69) is 20.7 Å². The molecule has 2 atom stereocenters. The Kier molecular flexibility index (Phi) is 3.89. The second kappa shape index (κ2) is 6.09. The molecular weight excluding hydrogens is 328 g/mol. The molecule has 1 aromatic carbocycles. The van der Waals surface area contributed by atoms with E-state index < -0.39 is 18.4 Å². The number of hydrogen-bond acceptors (Lipinski definition) is 4. The van der Waals surface area contributed by atoms with Crippen LogP contribution in [0, 0.1) is 0 Å². The van der Waals surface area contributed by atoms with Gasteiger partial charge in [0, 0.05) is 11.7 Å². The first-order valence-electron chi connectivity index (χ1n) is 8.45. The molecule has 0 saturated carbocycles. The van der Waals surface area contributed by atoms with E-state index in [1.807, 2.05) is 18.2 Å². The Morgan fingerprint density at radius 1 is 1.36 bits per heavy atom. The van der Waals surface area contributed by atoms with Crippen molar-refractivity contribution in [2.45, 2.75) is 51.1 Å². The predicted molar refractivity (Wildman–Crippen MR) is 89.2 cm³/mol. The fourth-order valence-electron chi connectivity index (χ4n) is 3.54. The highest BCUT2D eigenvalue weighted by atomic mass is 19.3. The number of anilines is 2. The molecule has 0 bridgehead atoms. The predicted octanol–water partition coefficient (Wildman–Crippen LogP) is 3.03. The fraction of sp³-hybridized carbons (Fsp3) is 0.471. The van der Waals surface area contributed by atoms with Crippen molar-refractivity contribution in [2.75, 3.05) is 10.6 Å². The van der Waals surface area contributed by atoms with Crippen molar-refractivity contribution in [3.63, 3.8) is 0 Å². The maximum absolute atomic E-state index is 13.2. The highest BCUT2D eigenvalue weighted by Crippen LogP contribution is 2.30. The third kappa shape index (κ3) is 2.96. The van der Waals surface area contributed by atoms with Crippen molar-refractivity contribution in [1.82, 2.24) is 14.8 Å². The van der Waals surface area contributed by atoms with Gasteiger partial charge in [-0.05, 0) is 55.9 Å². The number of carbonyl (C=O) groups excluding carboxylic acids is 1. The van der Waals surface area contributed by atoms with Crippen LogP contribution in [0.5, 0.6) is 0 Å². The van der Waals surface area contributed by atoms with E-state index >= 15 is 0 Å². The molecule has 8 heteroatoms. The van der Waals surface area contributed by atoms with Crippen molar-refractivity contribution in [1.29, 1.82) is 0 Å². The summed E-state index contributed by atoms with van der Waals surface area (Å²) < 4.78 is 27.6. The van der Waals surface area contributed by atoms with Gasteiger partial charge in [-0.15, -0.1) is 5.10 Å². The minimum Gasteiger partial charge on any atom is -0.352 e. The van der Waals surface area contributed by atoms with Crippen LogP contribution >= 0.6 is 0 Å². The summed E-state index contributed by atoms with van der Waals surface area (Å²) in [6, 6.07) is 4.60. The van der Waals surface area contributed by atoms with E-state index in [1.54, 1.807) is 6.92 Å². The lowest BCUT2D eigenvalue weighted by atomic mass is 10.1. The van der Waals surface area contributed by atoms with E-state index in [4.69, 9.17) is 0 Å². The Hall–Kier alpha value is -2.51. The molecule has 0 spiro atoms. The molecule has 25 heavy (non-hydrogen) atoms. The molecular formula is C17H19F2N5O. The molecule has 1 amide bonds. The van der Waals surface area contributed by atoms with Crippen molar-refractivity contribution in [3.05, 3.63) is 35.2 Å². The molecule has 2 aromatic rings. The molecule has 0 fully saturated rings. The van der Waals surface area contributed by atoms with E-state index in [0.29, 0.717) is 5.69 Å². The molecule has 1 aliphatic carbocycles. The summed E-state index contributed by atoms with van der Waals surface area (Å²) in [6.07, 6.45) is 0.879. The Labute approximate surface area is 143 Å². The summed E-state index contributed by atoms with van der Waals surface area (Å²) >= 11 is 0. The molecule has 0 radical (unpaired) electrons. The third-order valence-corrected chi connectivity index (χ3v) is 4.77. The van der Waals surface area contributed by atoms with Gasteiger partial charge < -0.3 is 10.6 Å². The first-order valence-corrected chi connectivity index (χ1v) is 8.45. The number of nitrogens with zero attached hydrogens (tertiary/aromatic N) is 3. The largest absolute Gasteiger partial charge is 0.352 e. The van der Waals surface area contributed by atoms with Gasteiger partial charge in [-0.3, -0.25) is 4.79 Å². The first kappa shape index (κ1) is 16.0. The van der Waals surface area contributed by atoms with Crippen LogP contribution in [0.1, 0.15) is 47.6 Å². The second-order valence-electron chi connectivity index (χ2n) is 6.68. The van der Waals surface area contributed by atoms with Crippen LogP contribution in [0.25, 0.3) is 0 Å². The van der Waals surface area contributed by atoms with Gasteiger partial charge in [-0.25, -0.2) is 13.5 Å². The molecule has 2 N–H and O–H groups in total. The summed E-state index contributed by atoms with van der Waals surface area (Å²) in [5.74, 6) is -0.395. The highest BCUT2D eigenvalue weighted by molar-refractivity contribution is 6.01. The maximum Gasteiger partial charge on any atom is 0.295 e. The van der Waals surface area contributed by atoms with Crippen LogP contribution in [0.4, 0.5) is 20.4 Å². The van der Waals surface area contributed by atoms with Crippen LogP contribution in [-0.2, 0) is 12.8 Å². The monoisotopic (exact) mass is 347 g/mol. The number of alkyl halides is 2. The average Bonchev–Trinajstić information content (AvgIpc) is 3.19. The summed E-state index contributed by atoms with van der Waals surface area (Å²) in [4.78, 5) is 16.5. The average molecular weight is 347 g/mol. The standard InChI is InChI=1S/C17H19F2N5O/c1-9-7-13(14(18)19)24-17(20-9)22-15(23-24)16(25)21-12-6-5-10-3-2-4-11(10)8-12/h5-6,8-9,13-14H,2-4,7H2,1H3,(H,21,25)(H,20,22,23)/t9-,13-/m1/s1. The lowest BCUT2D eigenvalue weighted by Crippen LogP contribution is -2.33. The number of fused-ring (bicyclic) bond motifs is 2. The highest BCUT2D eigenvalue weighted by Gasteiger charge is 2.34. The summed E-state index contributed by atoms with van der Waals surface area (Å²) in [5.41, 5.74) is 3.22. The Balaban J connectivity index is 1.56. The van der Waals surface area contributed by atoms with Gasteiger partial charge in [-0.2, -0.15) is 4.98 Å². The Morgan fingerprint density at radius 2 is 2.16 bits per heavy atom. The third-order valence-electron chi connectivity index (χ3n) is 4.77. The number of halogens is 2. The molecule has 2 aliphatic rings. The second-order valence-corrected chi connectivity index (χ2v) is 6.68. The number of nitrogens with one attached hydrogen (secondary N) is 2. The zero-order chi connectivity index (χ0) is 17.6. The molecule has 2 heterocycles. The number of hydrogen-bond donors (Lipinski definition) is 2. The molecule has 132 valence electrons. The summed E-state index contributed by atoms with van der Waals surface area (Å²) in [6.45, 7) is 1.80. The topological polar surface area (TPSA) is 71.8 Å². The number of amides is 1. The van der Waals surface area contributed by atoms with Crippen molar-refractivity contribution >= 4 is 17.5 Å². The minimum atomic E-state index is -2.56. The lowest BCUT2D eigenvalue weighted by Gasteiger charge is -2.28. The SMILES string of the molecule is C[C@@H]1C[C@H](C(F)F)n2nc(C(=O)Nc3ccc4c(c3)CCC4)nc2N1. The van der Waals surface area contributed by atoms with Crippen LogP contribution in [0.2, 0.25) is 0 Å². The van der Waals surface area contributed by atoms with Gasteiger partial charge in [-0.1, -0.05) is 6.07 Å². The molecule has 0 unspecified atom stereocenters. The number of aromatic nitrogens is 3. The maximum atomic E-state index is 13.2. The van der Waals surface area contributed by atoms with E-state index in [9.17, 15) is 13.6 Å². The van der Waals surface area contributed by atoms with Gasteiger partial charge in [0.25, 0.3) is 12.3 Å². The van der Waals surface area contributed by atoms with Crippen molar-refractivity contribution in [2.24, 2.45) is 0 Å². The molecule has 1 aliphatic heterocycles. The summed E-state index contributed by atoms with van der Waals surface area (Å²) in [7, 11) is 0. The van der Waals surface area contributed by atoms with Crippen LogP contribution in [0.15, 0.2) is 18.2 Å². The first-order chi connectivity index (χ1) is 12.0. The molecule has 4 rings (SSSR count). The number of benzene rings is 1. The normalized spacial score (nSPS) is 21.6. The smallest absolute Gasteiger partial charge is 0.295 e. The van der Waals surface area contributed by atoms with Gasteiger partial charge >= 0.3 is 0 Å². The van der Waals surface area contributed by atoms with Crippen LogP contribution in [-0.4, -0.2) is 33.1 Å².